The summed E-state index contributed by atoms with van der Waals surface area (Å²) >= 11 is 3.72. The van der Waals surface area contributed by atoms with Crippen LogP contribution in [0.1, 0.15) is 0 Å². The highest BCUT2D eigenvalue weighted by atomic mass is 32.1. The number of nitrogens with zero attached hydrogens (tertiary/aromatic N) is 1. The summed E-state index contributed by atoms with van der Waals surface area (Å²) in [5.41, 5.74) is 8.53. The molecule has 0 saturated heterocycles. The molecule has 0 bridgehead atoms. The van der Waals surface area contributed by atoms with Crippen LogP contribution in [0.15, 0.2) is 115 Å². The first-order chi connectivity index (χ1) is 17.7. The molecule has 0 radical (unpaired) electrons. The molecule has 174 valence electrons. The topological polar surface area (TPSA) is 12.5 Å². The summed E-state index contributed by atoms with van der Waals surface area (Å²) in [6, 6.07) is 38.5. The normalized spacial score (nSPS) is 11.0. The third kappa shape index (κ3) is 4.11. The van der Waals surface area contributed by atoms with E-state index < -0.39 is 0 Å². The van der Waals surface area contributed by atoms with Crippen molar-refractivity contribution in [3.63, 3.8) is 0 Å². The van der Waals surface area contributed by atoms with Gasteiger partial charge in [0.15, 0.2) is 0 Å². The fourth-order valence-corrected chi connectivity index (χ4v) is 7.20. The Bertz CT molecular complexity index is 1570. The Hall–Kier alpha value is -3.80. The van der Waals surface area contributed by atoms with Gasteiger partial charge >= 0.3 is 0 Å². The lowest BCUT2D eigenvalue weighted by atomic mass is 9.98. The average Bonchev–Trinajstić information content (AvgIpc) is 3.50. The first-order valence-electron chi connectivity index (χ1n) is 11.9. The quantitative estimate of drug-likeness (QED) is 0.214. The molecule has 0 atom stereocenters. The van der Waals surface area contributed by atoms with E-state index in [4.69, 9.17) is 4.74 Å². The van der Waals surface area contributed by atoms with Gasteiger partial charge in [-0.05, 0) is 65.0 Å². The van der Waals surface area contributed by atoms with Crippen LogP contribution in [-0.4, -0.2) is 15.0 Å². The van der Waals surface area contributed by atoms with Crippen molar-refractivity contribution in [2.24, 2.45) is 0 Å². The van der Waals surface area contributed by atoms with Crippen molar-refractivity contribution >= 4 is 62.4 Å². The van der Waals surface area contributed by atoms with Gasteiger partial charge in [-0.3, -0.25) is 0 Å². The number of para-hydroxylation sites is 2. The lowest BCUT2D eigenvalue weighted by Crippen LogP contribution is -2.09. The fourth-order valence-electron chi connectivity index (χ4n) is 4.58. The third-order valence-electron chi connectivity index (χ3n) is 6.37. The Morgan fingerprint density at radius 1 is 0.639 bits per heavy atom. The molecule has 2 heterocycles. The van der Waals surface area contributed by atoms with Gasteiger partial charge in [0.2, 0.25) is 0 Å². The summed E-state index contributed by atoms with van der Waals surface area (Å²) < 4.78 is 8.14. The van der Waals surface area contributed by atoms with Gasteiger partial charge < -0.3 is 9.64 Å². The summed E-state index contributed by atoms with van der Waals surface area (Å²) in [7, 11) is 3.92. The van der Waals surface area contributed by atoms with Crippen LogP contribution in [0.2, 0.25) is 0 Å². The van der Waals surface area contributed by atoms with Crippen molar-refractivity contribution in [2.45, 2.75) is 0 Å². The van der Waals surface area contributed by atoms with Gasteiger partial charge in [-0.15, -0.1) is 22.7 Å². The molecule has 0 aliphatic heterocycles. The lowest BCUT2D eigenvalue weighted by molar-refractivity contribution is 0.415. The Morgan fingerprint density at radius 3 is 1.78 bits per heavy atom. The zero-order valence-electron chi connectivity index (χ0n) is 20.1. The third-order valence-corrected chi connectivity index (χ3v) is 8.99. The minimum Gasteiger partial charge on any atom is -0.497 e. The van der Waals surface area contributed by atoms with Crippen LogP contribution in [-0.2, 0) is 0 Å². The molecule has 0 aliphatic rings. The molecule has 0 fully saturated rings. The molecule has 0 unspecified atom stereocenters. The van der Waals surface area contributed by atoms with Gasteiger partial charge in [-0.2, -0.15) is 0 Å². The SMILES string of the molecule is Bc1csc2c(-c3ccc(OC)cc3)c(-c3ccc(N(c4ccccc4)c4ccccc4)cc3)sc12. The first kappa shape index (κ1) is 22.7. The van der Waals surface area contributed by atoms with Crippen molar-refractivity contribution in [3.05, 3.63) is 115 Å². The molecule has 0 saturated carbocycles. The number of thiophene rings is 2. The predicted molar refractivity (Wildman–Crippen MR) is 160 cm³/mol. The summed E-state index contributed by atoms with van der Waals surface area (Å²) in [5.74, 6) is 0.875. The Morgan fingerprint density at radius 2 is 1.19 bits per heavy atom. The molecule has 0 aliphatic carbocycles. The number of benzene rings is 4. The van der Waals surface area contributed by atoms with Crippen LogP contribution in [0, 0.1) is 0 Å². The lowest BCUT2D eigenvalue weighted by Gasteiger charge is -2.25. The molecule has 0 spiro atoms. The van der Waals surface area contributed by atoms with Crippen LogP contribution >= 0.6 is 22.7 Å². The predicted octanol–water partition coefficient (Wildman–Crippen LogP) is 8.03. The second-order valence-corrected chi connectivity index (χ2v) is 10.6. The van der Waals surface area contributed by atoms with Crippen LogP contribution in [0.5, 0.6) is 5.75 Å². The molecule has 0 amide bonds. The summed E-state index contributed by atoms with van der Waals surface area (Å²) in [4.78, 5) is 3.60. The maximum absolute atomic E-state index is 5.40. The van der Waals surface area contributed by atoms with E-state index in [1.807, 2.05) is 34.8 Å². The zero-order valence-corrected chi connectivity index (χ0v) is 21.8. The zero-order chi connectivity index (χ0) is 24.5. The molecule has 5 heteroatoms. The standard InChI is InChI=1S/C31H24BNOS2/c1-34-26-18-14-21(15-19-26)28-29(36-30-27(32)20-35-31(28)30)22-12-16-25(17-13-22)33(23-8-4-2-5-9-23)24-10-6-3-7-11-24/h2-20H,32H2,1H3. The van der Waals surface area contributed by atoms with Crippen molar-refractivity contribution in [2.75, 3.05) is 12.0 Å². The van der Waals surface area contributed by atoms with Gasteiger partial charge in [0, 0.05) is 32.2 Å². The second-order valence-electron chi connectivity index (χ2n) is 8.67. The van der Waals surface area contributed by atoms with Crippen molar-refractivity contribution in [1.29, 1.82) is 0 Å². The Kier molecular flexibility index (Phi) is 6.10. The maximum Gasteiger partial charge on any atom is 0.142 e. The van der Waals surface area contributed by atoms with Crippen molar-refractivity contribution in [3.8, 4) is 27.3 Å². The molecular weight excluding hydrogens is 477 g/mol. The maximum atomic E-state index is 5.40. The van der Waals surface area contributed by atoms with Gasteiger partial charge in [0.25, 0.3) is 0 Å². The molecule has 0 N–H and O–H groups in total. The molecular formula is C31H24BNOS2. The fraction of sp³-hybridized carbons (Fsp3) is 0.0323. The number of rotatable bonds is 6. The second kappa shape index (κ2) is 9.69. The first-order valence-corrected chi connectivity index (χ1v) is 13.6. The molecule has 36 heavy (non-hydrogen) atoms. The smallest absolute Gasteiger partial charge is 0.142 e. The van der Waals surface area contributed by atoms with Crippen LogP contribution < -0.4 is 15.1 Å². The van der Waals surface area contributed by atoms with Gasteiger partial charge in [0.1, 0.15) is 13.6 Å². The average molecular weight is 501 g/mol. The molecule has 6 aromatic rings. The minimum absolute atomic E-state index is 0.875. The van der Waals surface area contributed by atoms with Crippen molar-refractivity contribution in [1.82, 2.24) is 0 Å². The van der Waals surface area contributed by atoms with Crippen LogP contribution in [0.25, 0.3) is 31.0 Å². The molecule has 2 aromatic heterocycles. The number of fused-ring (bicyclic) bond motifs is 1. The monoisotopic (exact) mass is 501 g/mol. The van der Waals surface area contributed by atoms with E-state index in [1.165, 1.54) is 36.4 Å². The Labute approximate surface area is 220 Å². The number of anilines is 3. The summed E-state index contributed by atoms with van der Waals surface area (Å²) in [5, 5.41) is 2.26. The Balaban J connectivity index is 1.45. The van der Waals surface area contributed by atoms with Crippen LogP contribution in [0.3, 0.4) is 0 Å². The highest BCUT2D eigenvalue weighted by molar-refractivity contribution is 7.31. The van der Waals surface area contributed by atoms with Gasteiger partial charge in [0.05, 0.1) is 11.8 Å². The highest BCUT2D eigenvalue weighted by Crippen LogP contribution is 2.47. The van der Waals surface area contributed by atoms with E-state index in [-0.39, 0.29) is 0 Å². The molecule has 2 nitrogen and oxygen atoms in total. The number of hydrogen-bond donors (Lipinski definition) is 0. The molecule has 6 rings (SSSR count). The highest BCUT2D eigenvalue weighted by Gasteiger charge is 2.19. The number of ether oxygens (including phenoxy) is 1. The minimum atomic E-state index is 0.875. The molecule has 4 aromatic carbocycles. The summed E-state index contributed by atoms with van der Waals surface area (Å²) in [6.45, 7) is 0. The van der Waals surface area contributed by atoms with E-state index in [0.29, 0.717) is 0 Å². The van der Waals surface area contributed by atoms with E-state index in [2.05, 4.69) is 115 Å². The van der Waals surface area contributed by atoms with Gasteiger partial charge in [-0.25, -0.2) is 0 Å². The summed E-state index contributed by atoms with van der Waals surface area (Å²) in [6.07, 6.45) is 0. The van der Waals surface area contributed by atoms with E-state index in [9.17, 15) is 0 Å². The largest absolute Gasteiger partial charge is 0.497 e. The van der Waals surface area contributed by atoms with Crippen molar-refractivity contribution < 1.29 is 4.74 Å². The number of methoxy groups -OCH3 is 1. The van der Waals surface area contributed by atoms with Crippen LogP contribution in [0.4, 0.5) is 17.1 Å². The van der Waals surface area contributed by atoms with Gasteiger partial charge in [-0.1, -0.05) is 66.1 Å². The number of hydrogen-bond acceptors (Lipinski definition) is 4. The van der Waals surface area contributed by atoms with E-state index in [0.717, 1.165) is 22.8 Å². The van der Waals surface area contributed by atoms with E-state index >= 15 is 0 Å². The van der Waals surface area contributed by atoms with E-state index in [1.54, 1.807) is 7.11 Å².